The molecule has 16 heavy (non-hydrogen) atoms. The molecule has 3 aromatic rings. The van der Waals surface area contributed by atoms with E-state index in [0.29, 0.717) is 0 Å². The van der Waals surface area contributed by atoms with E-state index in [9.17, 15) is 5.11 Å². The van der Waals surface area contributed by atoms with Gasteiger partial charge in [0.05, 0.1) is 10.4 Å². The fourth-order valence-corrected chi connectivity index (χ4v) is 3.31. The summed E-state index contributed by atoms with van der Waals surface area (Å²) < 4.78 is 1.16. The first-order chi connectivity index (χ1) is 7.86. The Hall–Kier alpha value is -1.23. The van der Waals surface area contributed by atoms with Crippen LogP contribution in [0.2, 0.25) is 0 Å². The molecule has 0 aliphatic carbocycles. The SMILES string of the molecule is OC(c1cncs1)c1cccc2ccsc12. The number of fused-ring (bicyclic) bond motifs is 1. The van der Waals surface area contributed by atoms with Crippen molar-refractivity contribution >= 4 is 32.8 Å². The molecule has 2 aromatic heterocycles. The van der Waals surface area contributed by atoms with Crippen LogP contribution in [0.3, 0.4) is 0 Å². The summed E-state index contributed by atoms with van der Waals surface area (Å²) in [7, 11) is 0. The molecule has 1 unspecified atom stereocenters. The third-order valence-corrected chi connectivity index (χ3v) is 4.33. The van der Waals surface area contributed by atoms with E-state index in [-0.39, 0.29) is 0 Å². The molecule has 4 heteroatoms. The molecule has 80 valence electrons. The van der Waals surface area contributed by atoms with Crippen molar-refractivity contribution in [2.24, 2.45) is 0 Å². The number of benzene rings is 1. The molecular formula is C12H9NOS2. The lowest BCUT2D eigenvalue weighted by molar-refractivity contribution is 0.225. The van der Waals surface area contributed by atoms with Crippen LogP contribution in [0.25, 0.3) is 10.1 Å². The Morgan fingerprint density at radius 2 is 2.12 bits per heavy atom. The molecule has 2 nitrogen and oxygen atoms in total. The summed E-state index contributed by atoms with van der Waals surface area (Å²) in [6.45, 7) is 0. The topological polar surface area (TPSA) is 33.1 Å². The molecule has 3 rings (SSSR count). The van der Waals surface area contributed by atoms with Gasteiger partial charge in [-0.15, -0.1) is 22.7 Å². The fourth-order valence-electron chi connectivity index (χ4n) is 1.75. The predicted octanol–water partition coefficient (Wildman–Crippen LogP) is 3.44. The minimum Gasteiger partial charge on any atom is -0.383 e. The summed E-state index contributed by atoms with van der Waals surface area (Å²) in [5, 5.41) is 13.5. The van der Waals surface area contributed by atoms with E-state index in [1.807, 2.05) is 17.5 Å². The van der Waals surface area contributed by atoms with E-state index in [2.05, 4.69) is 17.1 Å². The van der Waals surface area contributed by atoms with Crippen LogP contribution in [0.15, 0.2) is 41.4 Å². The highest BCUT2D eigenvalue weighted by molar-refractivity contribution is 7.17. The van der Waals surface area contributed by atoms with Gasteiger partial charge in [0.25, 0.3) is 0 Å². The van der Waals surface area contributed by atoms with Crippen molar-refractivity contribution in [1.29, 1.82) is 0 Å². The molecule has 0 aliphatic heterocycles. The van der Waals surface area contributed by atoms with Gasteiger partial charge in [0, 0.05) is 16.5 Å². The van der Waals surface area contributed by atoms with Gasteiger partial charge in [0.1, 0.15) is 6.10 Å². The van der Waals surface area contributed by atoms with Crippen LogP contribution >= 0.6 is 22.7 Å². The Morgan fingerprint density at radius 1 is 1.19 bits per heavy atom. The Kier molecular flexibility index (Phi) is 2.47. The van der Waals surface area contributed by atoms with E-state index in [0.717, 1.165) is 15.1 Å². The van der Waals surface area contributed by atoms with Crippen LogP contribution in [0.5, 0.6) is 0 Å². The molecule has 1 atom stereocenters. The molecule has 0 spiro atoms. The number of thiazole rings is 1. The maximum atomic E-state index is 10.3. The third-order valence-electron chi connectivity index (χ3n) is 2.52. The highest BCUT2D eigenvalue weighted by atomic mass is 32.1. The highest BCUT2D eigenvalue weighted by Crippen LogP contribution is 2.33. The summed E-state index contributed by atoms with van der Waals surface area (Å²) in [5.41, 5.74) is 2.71. The van der Waals surface area contributed by atoms with Crippen molar-refractivity contribution in [3.63, 3.8) is 0 Å². The van der Waals surface area contributed by atoms with Crippen LogP contribution in [-0.2, 0) is 0 Å². The minimum absolute atomic E-state index is 0.560. The molecule has 1 aromatic carbocycles. The van der Waals surface area contributed by atoms with Crippen molar-refractivity contribution in [3.05, 3.63) is 51.8 Å². The van der Waals surface area contributed by atoms with Crippen molar-refractivity contribution in [3.8, 4) is 0 Å². The molecule has 0 aliphatic rings. The summed E-state index contributed by atoms with van der Waals surface area (Å²) in [6.07, 6.45) is 1.16. The molecule has 0 amide bonds. The normalized spacial score (nSPS) is 13.1. The summed E-state index contributed by atoms with van der Waals surface area (Å²) in [4.78, 5) is 4.89. The Bertz CT molecular complexity index is 600. The van der Waals surface area contributed by atoms with Gasteiger partial charge >= 0.3 is 0 Å². The van der Waals surface area contributed by atoms with Crippen molar-refractivity contribution in [2.45, 2.75) is 6.10 Å². The third kappa shape index (κ3) is 1.55. The molecule has 0 radical (unpaired) electrons. The molecule has 0 bridgehead atoms. The zero-order valence-corrected chi connectivity index (χ0v) is 9.96. The smallest absolute Gasteiger partial charge is 0.116 e. The summed E-state index contributed by atoms with van der Waals surface area (Å²) in [6, 6.07) is 8.09. The van der Waals surface area contributed by atoms with Crippen LogP contribution in [0.1, 0.15) is 16.5 Å². The summed E-state index contributed by atoms with van der Waals surface area (Å²) >= 11 is 3.14. The fraction of sp³-hybridized carbons (Fsp3) is 0.0833. The number of rotatable bonds is 2. The monoisotopic (exact) mass is 247 g/mol. The van der Waals surface area contributed by atoms with Gasteiger partial charge < -0.3 is 5.11 Å². The largest absolute Gasteiger partial charge is 0.383 e. The second-order valence-electron chi connectivity index (χ2n) is 3.49. The number of hydrogen-bond donors (Lipinski definition) is 1. The average molecular weight is 247 g/mol. The van der Waals surface area contributed by atoms with E-state index in [1.54, 1.807) is 23.0 Å². The van der Waals surface area contributed by atoms with Crippen LogP contribution in [-0.4, -0.2) is 10.1 Å². The maximum Gasteiger partial charge on any atom is 0.116 e. The molecule has 1 N–H and O–H groups in total. The van der Waals surface area contributed by atoms with E-state index in [4.69, 9.17) is 0 Å². The first kappa shape index (κ1) is 9.96. The van der Waals surface area contributed by atoms with Crippen molar-refractivity contribution < 1.29 is 5.11 Å². The Morgan fingerprint density at radius 3 is 2.94 bits per heavy atom. The van der Waals surface area contributed by atoms with Crippen molar-refractivity contribution in [1.82, 2.24) is 4.98 Å². The molecule has 2 heterocycles. The molecule has 0 saturated carbocycles. The zero-order chi connectivity index (χ0) is 11.0. The van der Waals surface area contributed by atoms with E-state index >= 15 is 0 Å². The Balaban J connectivity index is 2.15. The molecule has 0 fully saturated rings. The first-order valence-corrected chi connectivity index (χ1v) is 6.65. The number of aromatic nitrogens is 1. The van der Waals surface area contributed by atoms with E-state index < -0.39 is 6.10 Å². The van der Waals surface area contributed by atoms with E-state index in [1.165, 1.54) is 16.7 Å². The average Bonchev–Trinajstić information content (AvgIpc) is 2.98. The van der Waals surface area contributed by atoms with Gasteiger partial charge in [0.15, 0.2) is 0 Å². The highest BCUT2D eigenvalue weighted by Gasteiger charge is 2.15. The first-order valence-electron chi connectivity index (χ1n) is 4.89. The number of hydrogen-bond acceptors (Lipinski definition) is 4. The van der Waals surface area contributed by atoms with Gasteiger partial charge in [0.2, 0.25) is 0 Å². The van der Waals surface area contributed by atoms with Crippen LogP contribution < -0.4 is 0 Å². The maximum absolute atomic E-state index is 10.3. The number of aliphatic hydroxyl groups excluding tert-OH is 1. The van der Waals surface area contributed by atoms with Crippen LogP contribution in [0, 0.1) is 0 Å². The predicted molar refractivity (Wildman–Crippen MR) is 68.0 cm³/mol. The Labute approximate surface area is 101 Å². The lowest BCUT2D eigenvalue weighted by atomic mass is 10.1. The number of thiophene rings is 1. The molecule has 0 saturated heterocycles. The van der Waals surface area contributed by atoms with Gasteiger partial charge in [-0.1, -0.05) is 18.2 Å². The lowest BCUT2D eigenvalue weighted by Gasteiger charge is -2.09. The zero-order valence-electron chi connectivity index (χ0n) is 8.33. The second-order valence-corrected chi connectivity index (χ2v) is 5.33. The second kappa shape index (κ2) is 3.97. The van der Waals surface area contributed by atoms with Gasteiger partial charge in [-0.05, 0) is 16.8 Å². The summed E-state index contributed by atoms with van der Waals surface area (Å²) in [5.74, 6) is 0. The molecular weight excluding hydrogens is 238 g/mol. The van der Waals surface area contributed by atoms with Gasteiger partial charge in [-0.2, -0.15) is 0 Å². The number of nitrogens with zero attached hydrogens (tertiary/aromatic N) is 1. The minimum atomic E-state index is -0.560. The lowest BCUT2D eigenvalue weighted by Crippen LogP contribution is -1.96. The van der Waals surface area contributed by atoms with Crippen molar-refractivity contribution in [2.75, 3.05) is 0 Å². The van der Waals surface area contributed by atoms with Gasteiger partial charge in [-0.3, -0.25) is 4.98 Å². The number of aliphatic hydroxyl groups is 1. The quantitative estimate of drug-likeness (QED) is 0.752. The van der Waals surface area contributed by atoms with Crippen LogP contribution in [0.4, 0.5) is 0 Å². The standard InChI is InChI=1S/C12H9NOS2/c14-11(10-6-13-7-16-10)9-3-1-2-8-4-5-15-12(8)9/h1-7,11,14H. The van der Waals surface area contributed by atoms with Gasteiger partial charge in [-0.25, -0.2) is 0 Å².